The second-order valence-corrected chi connectivity index (χ2v) is 9.18. The molecule has 42 heavy (non-hydrogen) atoms. The van der Waals surface area contributed by atoms with Gasteiger partial charge in [0.1, 0.15) is 28.9 Å². The van der Waals surface area contributed by atoms with Crippen LogP contribution in [0.1, 0.15) is 22.3 Å². The minimum Gasteiger partial charge on any atom is -0.507 e. The van der Waals surface area contributed by atoms with Crippen LogP contribution >= 0.6 is 24.0 Å². The number of benzene rings is 3. The van der Waals surface area contributed by atoms with Crippen LogP contribution in [-0.2, 0) is 4.79 Å². The molecule has 4 aromatic rings. The molecule has 5 N–H and O–H groups in total. The zero-order valence-electron chi connectivity index (χ0n) is 22.6. The van der Waals surface area contributed by atoms with Crippen molar-refractivity contribution in [3.8, 4) is 45.7 Å². The van der Waals surface area contributed by atoms with Gasteiger partial charge in [-0.3, -0.25) is 9.59 Å². The summed E-state index contributed by atoms with van der Waals surface area (Å²) >= 11 is 6.04. The van der Waals surface area contributed by atoms with Crippen molar-refractivity contribution in [3.05, 3.63) is 82.9 Å². The van der Waals surface area contributed by atoms with E-state index in [0.29, 0.717) is 33.1 Å². The predicted molar refractivity (Wildman–Crippen MR) is 164 cm³/mol. The summed E-state index contributed by atoms with van der Waals surface area (Å²) < 4.78 is 10.6. The molecule has 0 bridgehead atoms. The number of phenols is 1. The molecule has 0 saturated heterocycles. The van der Waals surface area contributed by atoms with Crippen molar-refractivity contribution in [3.63, 3.8) is 0 Å². The molecule has 0 saturated carbocycles. The Morgan fingerprint density at radius 1 is 1.02 bits per heavy atom. The Bertz CT molecular complexity index is 1670. The van der Waals surface area contributed by atoms with Crippen molar-refractivity contribution in [2.45, 2.75) is 6.42 Å². The van der Waals surface area contributed by atoms with Crippen LogP contribution in [0.4, 0.5) is 11.5 Å². The summed E-state index contributed by atoms with van der Waals surface area (Å²) in [6, 6.07) is 19.8. The van der Waals surface area contributed by atoms with Gasteiger partial charge in [0.25, 0.3) is 5.91 Å². The number of anilines is 2. The van der Waals surface area contributed by atoms with Gasteiger partial charge in [-0.25, -0.2) is 4.98 Å². The highest BCUT2D eigenvalue weighted by atomic mass is 35.5. The van der Waals surface area contributed by atoms with Gasteiger partial charge in [0.15, 0.2) is 5.82 Å². The molecule has 0 spiro atoms. The molecule has 0 unspecified atom stereocenters. The molecule has 12 heteroatoms. The van der Waals surface area contributed by atoms with Crippen LogP contribution in [0, 0.1) is 11.3 Å². The zero-order chi connectivity index (χ0) is 29.5. The number of nitrogens with two attached hydrogens (primary N) is 1. The Hall–Kier alpha value is -4.82. The largest absolute Gasteiger partial charge is 0.507 e. The van der Waals surface area contributed by atoms with E-state index in [1.165, 1.54) is 26.4 Å². The van der Waals surface area contributed by atoms with Gasteiger partial charge in [-0.2, -0.15) is 5.26 Å². The number of rotatable bonds is 9. The van der Waals surface area contributed by atoms with Crippen molar-refractivity contribution in [2.75, 3.05) is 31.4 Å². The zero-order valence-corrected chi connectivity index (χ0v) is 24.2. The fraction of sp³-hybridized carbons (Fsp3) is 0.133. The third kappa shape index (κ3) is 7.08. The van der Waals surface area contributed by atoms with Gasteiger partial charge in [0.05, 0.1) is 25.5 Å². The SMILES string of the molecule is COc1ccc(C(=O)Nc2nc(-c3ccc(Cl)cc3O)cc(-c3cccc(NC(=O)CCN)c3)c2C#N)c(OC)c1.Cl. The van der Waals surface area contributed by atoms with Crippen molar-refractivity contribution in [1.29, 1.82) is 5.26 Å². The predicted octanol–water partition coefficient (Wildman–Crippen LogP) is 5.62. The molecule has 4 rings (SSSR count). The summed E-state index contributed by atoms with van der Waals surface area (Å²) in [6.45, 7) is 0.199. The first-order valence-corrected chi connectivity index (χ1v) is 12.7. The van der Waals surface area contributed by atoms with Crippen molar-refractivity contribution in [1.82, 2.24) is 4.98 Å². The summed E-state index contributed by atoms with van der Waals surface area (Å²) in [5, 5.41) is 26.7. The number of halogens is 2. The molecule has 216 valence electrons. The molecule has 0 radical (unpaired) electrons. The van der Waals surface area contributed by atoms with Crippen LogP contribution in [0.15, 0.2) is 66.7 Å². The number of hydrogen-bond acceptors (Lipinski definition) is 8. The number of pyridine rings is 1. The lowest BCUT2D eigenvalue weighted by atomic mass is 9.97. The Morgan fingerprint density at radius 2 is 1.81 bits per heavy atom. The van der Waals surface area contributed by atoms with Crippen molar-refractivity contribution in [2.24, 2.45) is 5.73 Å². The number of nitrogens with one attached hydrogen (secondary N) is 2. The van der Waals surface area contributed by atoms with E-state index in [4.69, 9.17) is 26.8 Å². The van der Waals surface area contributed by atoms with E-state index in [2.05, 4.69) is 21.7 Å². The van der Waals surface area contributed by atoms with Gasteiger partial charge in [0, 0.05) is 40.9 Å². The third-order valence-corrected chi connectivity index (χ3v) is 6.32. The quantitative estimate of drug-likeness (QED) is 0.190. The number of nitrogens with zero attached hydrogens (tertiary/aromatic N) is 2. The summed E-state index contributed by atoms with van der Waals surface area (Å²) in [5.74, 6) is -0.275. The summed E-state index contributed by atoms with van der Waals surface area (Å²) in [5.41, 5.74) is 7.77. The number of nitriles is 1. The van der Waals surface area contributed by atoms with E-state index in [-0.39, 0.29) is 65.4 Å². The second kappa shape index (κ2) is 14.2. The van der Waals surface area contributed by atoms with Crippen LogP contribution in [0.5, 0.6) is 17.2 Å². The van der Waals surface area contributed by atoms with E-state index < -0.39 is 5.91 Å². The third-order valence-electron chi connectivity index (χ3n) is 6.08. The first kappa shape index (κ1) is 31.7. The molecule has 2 amide bonds. The molecule has 0 fully saturated rings. The van der Waals surface area contributed by atoms with E-state index in [1.54, 1.807) is 54.6 Å². The number of hydrogen-bond donors (Lipinski definition) is 4. The van der Waals surface area contributed by atoms with Gasteiger partial charge in [0.2, 0.25) is 5.91 Å². The lowest BCUT2D eigenvalue weighted by Gasteiger charge is -2.16. The van der Waals surface area contributed by atoms with Crippen LogP contribution < -0.4 is 25.8 Å². The lowest BCUT2D eigenvalue weighted by Crippen LogP contribution is -2.16. The van der Waals surface area contributed by atoms with Crippen LogP contribution in [0.2, 0.25) is 5.02 Å². The molecule has 1 heterocycles. The maximum atomic E-state index is 13.4. The molecule has 0 atom stereocenters. The van der Waals surface area contributed by atoms with Crippen molar-refractivity contribution < 1.29 is 24.2 Å². The number of carbonyl (C=O) groups excluding carboxylic acids is 2. The molecule has 10 nitrogen and oxygen atoms in total. The summed E-state index contributed by atoms with van der Waals surface area (Å²) in [7, 11) is 2.92. The van der Waals surface area contributed by atoms with Gasteiger partial charge >= 0.3 is 0 Å². The maximum Gasteiger partial charge on any atom is 0.260 e. The van der Waals surface area contributed by atoms with E-state index in [1.807, 2.05) is 0 Å². The smallest absolute Gasteiger partial charge is 0.260 e. The van der Waals surface area contributed by atoms with E-state index in [0.717, 1.165) is 0 Å². The summed E-state index contributed by atoms with van der Waals surface area (Å²) in [4.78, 5) is 30.1. The number of carbonyl (C=O) groups is 2. The Morgan fingerprint density at radius 3 is 2.48 bits per heavy atom. The van der Waals surface area contributed by atoms with E-state index >= 15 is 0 Å². The maximum absolute atomic E-state index is 13.4. The van der Waals surface area contributed by atoms with E-state index in [9.17, 15) is 20.0 Å². The van der Waals surface area contributed by atoms with Gasteiger partial charge in [-0.15, -0.1) is 12.4 Å². The van der Waals surface area contributed by atoms with Crippen LogP contribution in [-0.4, -0.2) is 42.7 Å². The molecule has 0 aliphatic carbocycles. The van der Waals surface area contributed by atoms with Gasteiger partial charge < -0.3 is 30.9 Å². The minimum absolute atomic E-state index is 0. The standard InChI is InChI=1S/C30H26ClN5O5.ClH/c1-40-20-7-9-22(27(14-20)41-2)30(39)36-29-24(16-33)23(15-25(35-29)21-8-6-18(31)13-26(21)37)17-4-3-5-19(12-17)34-28(38)10-11-32;/h3-9,12-15,37H,10-11,32H2,1-2H3,(H,34,38)(H,35,36,39);1H. The molecular weight excluding hydrogens is 581 g/mol. The number of ether oxygens (including phenoxy) is 2. The minimum atomic E-state index is -0.584. The average molecular weight is 608 g/mol. The number of methoxy groups -OCH3 is 2. The average Bonchev–Trinajstić information content (AvgIpc) is 2.96. The fourth-order valence-corrected chi connectivity index (χ4v) is 4.28. The number of aromatic nitrogens is 1. The Labute approximate surface area is 253 Å². The molecule has 0 aliphatic heterocycles. The highest BCUT2D eigenvalue weighted by Crippen LogP contribution is 2.37. The fourth-order valence-electron chi connectivity index (χ4n) is 4.12. The molecule has 0 aliphatic rings. The van der Waals surface area contributed by atoms with Crippen LogP contribution in [0.25, 0.3) is 22.4 Å². The topological polar surface area (TPSA) is 160 Å². The van der Waals surface area contributed by atoms with Gasteiger partial charge in [-0.05, 0) is 54.1 Å². The lowest BCUT2D eigenvalue weighted by molar-refractivity contribution is -0.116. The van der Waals surface area contributed by atoms with Crippen molar-refractivity contribution >= 4 is 47.3 Å². The number of phenolic OH excluding ortho intramolecular Hbond substituents is 1. The number of amides is 2. The summed E-state index contributed by atoms with van der Waals surface area (Å²) in [6.07, 6.45) is 0.147. The molecular formula is C30H27Cl2N5O5. The van der Waals surface area contributed by atoms with Crippen LogP contribution in [0.3, 0.4) is 0 Å². The normalized spacial score (nSPS) is 10.2. The van der Waals surface area contributed by atoms with Gasteiger partial charge in [-0.1, -0.05) is 23.7 Å². The first-order valence-electron chi connectivity index (χ1n) is 12.4. The Balaban J connectivity index is 0.00000484. The number of aromatic hydroxyl groups is 1. The Kier molecular flexibility index (Phi) is 10.7. The highest BCUT2D eigenvalue weighted by molar-refractivity contribution is 6.30. The second-order valence-electron chi connectivity index (χ2n) is 8.74. The highest BCUT2D eigenvalue weighted by Gasteiger charge is 2.21. The monoisotopic (exact) mass is 607 g/mol. The molecule has 3 aromatic carbocycles. The molecule has 1 aromatic heterocycles. The first-order chi connectivity index (χ1) is 19.8.